The number of hydrogen-bond acceptors (Lipinski definition) is 5. The first-order valence-electron chi connectivity index (χ1n) is 12.4. The number of aromatic amines is 1. The standard InChI is InChI=1S/C26H33ClN4O6/c1-15(32)6-9-20(24(35)36)30-25(37)26(10-4-3-5-11-26)31-23(34)22(29-16(2)33)12-17-14-28-21-13-18(27)7-8-19(17)21/h7-8,13-14,20,22,28H,3-6,9-12H2,1-2H3,(H,29,33)(H,30,37)(H,31,34)(H,35,36)/t20-,22-/m0/s1. The lowest BCUT2D eigenvalue weighted by molar-refractivity contribution is -0.144. The molecule has 1 aromatic carbocycles. The van der Waals surface area contributed by atoms with Gasteiger partial charge in [0.25, 0.3) is 0 Å². The van der Waals surface area contributed by atoms with Crippen LogP contribution in [0.15, 0.2) is 24.4 Å². The summed E-state index contributed by atoms with van der Waals surface area (Å²) in [7, 11) is 0. The van der Waals surface area contributed by atoms with Gasteiger partial charge in [-0.15, -0.1) is 0 Å². The molecule has 1 fully saturated rings. The highest BCUT2D eigenvalue weighted by Crippen LogP contribution is 2.29. The molecule has 0 spiro atoms. The van der Waals surface area contributed by atoms with E-state index in [2.05, 4.69) is 20.9 Å². The highest BCUT2D eigenvalue weighted by atomic mass is 35.5. The van der Waals surface area contributed by atoms with Crippen LogP contribution in [0, 0.1) is 0 Å². The molecule has 0 radical (unpaired) electrons. The van der Waals surface area contributed by atoms with E-state index in [1.807, 2.05) is 6.07 Å². The van der Waals surface area contributed by atoms with Crippen LogP contribution < -0.4 is 16.0 Å². The van der Waals surface area contributed by atoms with Crippen LogP contribution in [0.5, 0.6) is 0 Å². The van der Waals surface area contributed by atoms with Crippen molar-refractivity contribution in [1.82, 2.24) is 20.9 Å². The first kappa shape index (κ1) is 28.2. The predicted molar refractivity (Wildman–Crippen MR) is 138 cm³/mol. The summed E-state index contributed by atoms with van der Waals surface area (Å²) in [5, 5.41) is 19.0. The number of Topliss-reactive ketones (excluding diaryl/α,β-unsaturated/α-hetero) is 1. The Labute approximate surface area is 219 Å². The Bertz CT molecular complexity index is 1190. The van der Waals surface area contributed by atoms with Crippen molar-refractivity contribution in [3.8, 4) is 0 Å². The first-order chi connectivity index (χ1) is 17.5. The van der Waals surface area contributed by atoms with E-state index in [9.17, 15) is 29.1 Å². The molecule has 5 N–H and O–H groups in total. The molecule has 0 saturated heterocycles. The largest absolute Gasteiger partial charge is 0.480 e. The van der Waals surface area contributed by atoms with Crippen molar-refractivity contribution in [2.45, 2.75) is 82.8 Å². The summed E-state index contributed by atoms with van der Waals surface area (Å²) in [6, 6.07) is 3.11. The van der Waals surface area contributed by atoms with Gasteiger partial charge < -0.3 is 30.8 Å². The van der Waals surface area contributed by atoms with Crippen LogP contribution in [0.1, 0.15) is 64.4 Å². The van der Waals surface area contributed by atoms with Gasteiger partial charge in [-0.05, 0) is 43.9 Å². The molecule has 1 aromatic heterocycles. The lowest BCUT2D eigenvalue weighted by Crippen LogP contribution is -2.64. The van der Waals surface area contributed by atoms with Gasteiger partial charge in [-0.2, -0.15) is 0 Å². The van der Waals surface area contributed by atoms with E-state index in [1.54, 1.807) is 18.3 Å². The number of fused-ring (bicyclic) bond motifs is 1. The van der Waals surface area contributed by atoms with Gasteiger partial charge in [0.15, 0.2) is 0 Å². The van der Waals surface area contributed by atoms with Crippen molar-refractivity contribution in [3.63, 3.8) is 0 Å². The van der Waals surface area contributed by atoms with E-state index in [1.165, 1.54) is 13.8 Å². The zero-order chi connectivity index (χ0) is 27.2. The second kappa shape index (κ2) is 12.2. The van der Waals surface area contributed by atoms with Crippen LogP contribution in [0.3, 0.4) is 0 Å². The summed E-state index contributed by atoms with van der Waals surface area (Å²) in [6.07, 6.45) is 4.78. The fraction of sp³-hybridized carbons (Fsp3) is 0.500. The van der Waals surface area contributed by atoms with Crippen LogP contribution in [-0.4, -0.2) is 57.2 Å². The van der Waals surface area contributed by atoms with Gasteiger partial charge in [0.1, 0.15) is 23.4 Å². The van der Waals surface area contributed by atoms with Crippen molar-refractivity contribution in [3.05, 3.63) is 35.0 Å². The molecule has 1 saturated carbocycles. The SMILES string of the molecule is CC(=O)CC[C@H](NC(=O)C1(NC(=O)[C@H](Cc2c[nH]c3cc(Cl)ccc23)NC(C)=O)CCCCC1)C(=O)O. The maximum Gasteiger partial charge on any atom is 0.326 e. The molecule has 200 valence electrons. The van der Waals surface area contributed by atoms with E-state index in [0.717, 1.165) is 22.9 Å². The summed E-state index contributed by atoms with van der Waals surface area (Å²) in [4.78, 5) is 65.1. The Morgan fingerprint density at radius 3 is 2.38 bits per heavy atom. The molecular formula is C26H33ClN4O6. The van der Waals surface area contributed by atoms with E-state index in [-0.39, 0.29) is 25.0 Å². The molecule has 2 atom stereocenters. The number of carbonyl (C=O) groups is 5. The Kier molecular flexibility index (Phi) is 9.31. The number of amides is 3. The van der Waals surface area contributed by atoms with Gasteiger partial charge in [-0.1, -0.05) is 36.9 Å². The van der Waals surface area contributed by atoms with Crippen LogP contribution in [0.25, 0.3) is 10.9 Å². The Morgan fingerprint density at radius 1 is 1.05 bits per heavy atom. The fourth-order valence-corrected chi connectivity index (χ4v) is 4.96. The number of aliphatic carboxylic acids is 1. The van der Waals surface area contributed by atoms with Crippen molar-refractivity contribution in [2.75, 3.05) is 0 Å². The fourth-order valence-electron chi connectivity index (χ4n) is 4.79. The van der Waals surface area contributed by atoms with Gasteiger partial charge in [0.05, 0.1) is 0 Å². The van der Waals surface area contributed by atoms with Crippen LogP contribution in [0.2, 0.25) is 5.02 Å². The number of carboxylic acid groups (broad SMARTS) is 1. The van der Waals surface area contributed by atoms with Crippen molar-refractivity contribution in [2.24, 2.45) is 0 Å². The molecule has 0 aliphatic heterocycles. The van der Waals surface area contributed by atoms with Crippen LogP contribution in [-0.2, 0) is 30.4 Å². The number of nitrogens with one attached hydrogen (secondary N) is 4. The Balaban J connectivity index is 1.82. The first-order valence-corrected chi connectivity index (χ1v) is 12.8. The van der Waals surface area contributed by atoms with Crippen molar-refractivity contribution < 1.29 is 29.1 Å². The van der Waals surface area contributed by atoms with Crippen LogP contribution >= 0.6 is 11.6 Å². The minimum Gasteiger partial charge on any atom is -0.480 e. The third-order valence-electron chi connectivity index (χ3n) is 6.74. The van der Waals surface area contributed by atoms with Gasteiger partial charge in [-0.25, -0.2) is 4.79 Å². The van der Waals surface area contributed by atoms with Crippen molar-refractivity contribution >= 4 is 52.0 Å². The number of carboxylic acids is 1. The minimum atomic E-state index is -1.32. The second-order valence-electron chi connectivity index (χ2n) is 9.70. The molecule has 11 heteroatoms. The average molecular weight is 533 g/mol. The smallest absolute Gasteiger partial charge is 0.326 e. The molecule has 0 unspecified atom stereocenters. The maximum atomic E-state index is 13.5. The zero-order valence-corrected chi connectivity index (χ0v) is 21.7. The van der Waals surface area contributed by atoms with Gasteiger partial charge in [0.2, 0.25) is 17.7 Å². The third-order valence-corrected chi connectivity index (χ3v) is 6.98. The molecule has 37 heavy (non-hydrogen) atoms. The summed E-state index contributed by atoms with van der Waals surface area (Å²) >= 11 is 6.06. The maximum absolute atomic E-state index is 13.5. The summed E-state index contributed by atoms with van der Waals surface area (Å²) in [5.41, 5.74) is 0.264. The Morgan fingerprint density at radius 2 is 1.76 bits per heavy atom. The van der Waals surface area contributed by atoms with Gasteiger partial charge in [0, 0.05) is 41.9 Å². The predicted octanol–water partition coefficient (Wildman–Crippen LogP) is 2.63. The quantitative estimate of drug-likeness (QED) is 0.299. The van der Waals surface area contributed by atoms with E-state index in [0.29, 0.717) is 30.7 Å². The number of hydrogen-bond donors (Lipinski definition) is 5. The number of benzene rings is 1. The van der Waals surface area contributed by atoms with Crippen LogP contribution in [0.4, 0.5) is 0 Å². The number of halogens is 1. The molecule has 1 heterocycles. The number of carbonyl (C=O) groups excluding carboxylic acids is 4. The molecule has 1 aliphatic rings. The number of rotatable bonds is 11. The normalized spacial score (nSPS) is 16.4. The molecule has 0 bridgehead atoms. The molecule has 2 aromatic rings. The molecular weight excluding hydrogens is 500 g/mol. The number of aromatic nitrogens is 1. The molecule has 10 nitrogen and oxygen atoms in total. The monoisotopic (exact) mass is 532 g/mol. The summed E-state index contributed by atoms with van der Waals surface area (Å²) in [6.45, 7) is 2.67. The topological polar surface area (TPSA) is 157 Å². The summed E-state index contributed by atoms with van der Waals surface area (Å²) < 4.78 is 0. The number of H-pyrrole nitrogens is 1. The highest BCUT2D eigenvalue weighted by Gasteiger charge is 2.43. The Hall–Kier alpha value is -3.40. The highest BCUT2D eigenvalue weighted by molar-refractivity contribution is 6.31. The lowest BCUT2D eigenvalue weighted by Gasteiger charge is -2.38. The summed E-state index contributed by atoms with van der Waals surface area (Å²) in [5.74, 6) is -2.97. The molecule has 3 rings (SSSR count). The van der Waals surface area contributed by atoms with E-state index in [4.69, 9.17) is 11.6 Å². The number of ketones is 1. The van der Waals surface area contributed by atoms with E-state index >= 15 is 0 Å². The average Bonchev–Trinajstić information content (AvgIpc) is 3.22. The molecule has 1 aliphatic carbocycles. The van der Waals surface area contributed by atoms with Crippen molar-refractivity contribution in [1.29, 1.82) is 0 Å². The van der Waals surface area contributed by atoms with Gasteiger partial charge in [-0.3, -0.25) is 14.4 Å². The van der Waals surface area contributed by atoms with E-state index < -0.39 is 41.3 Å². The van der Waals surface area contributed by atoms with Gasteiger partial charge >= 0.3 is 5.97 Å². The minimum absolute atomic E-state index is 0.0110. The molecule has 3 amide bonds. The second-order valence-corrected chi connectivity index (χ2v) is 10.1. The zero-order valence-electron chi connectivity index (χ0n) is 21.0. The lowest BCUT2D eigenvalue weighted by atomic mass is 9.80. The third kappa shape index (κ3) is 7.31.